The van der Waals surface area contributed by atoms with Crippen LogP contribution in [-0.4, -0.2) is 85.9 Å². The molecule has 188 valence electrons. The van der Waals surface area contributed by atoms with E-state index in [0.717, 1.165) is 4.90 Å². The van der Waals surface area contributed by atoms with Crippen molar-refractivity contribution >= 4 is 23.4 Å². The average molecular weight is 483 g/mol. The smallest absolute Gasteiger partial charge is 0.236 e. The summed E-state index contributed by atoms with van der Waals surface area (Å²) < 4.78 is 25.4. The van der Waals surface area contributed by atoms with E-state index in [4.69, 9.17) is 9.47 Å². The van der Waals surface area contributed by atoms with Crippen molar-refractivity contribution in [1.29, 1.82) is 0 Å². The quantitative estimate of drug-likeness (QED) is 0.560. The lowest BCUT2D eigenvalue weighted by atomic mass is 9.96. The van der Waals surface area contributed by atoms with Gasteiger partial charge in [0.2, 0.25) is 11.8 Å². The summed E-state index contributed by atoms with van der Waals surface area (Å²) in [4.78, 5) is 47.8. The molecule has 0 aromatic rings. The SMILES string of the molecule is CC[C@H]1O[C@@H](N2C=CC(=O)CC2=O)C[C@@H]1O.CC[C@H]1O[C@@H](N2C=CC(=O)CC2=O)[C@](C)(F)[C@@H]1O. The molecule has 11 heteroatoms. The summed E-state index contributed by atoms with van der Waals surface area (Å²) in [5.41, 5.74) is -2.05. The van der Waals surface area contributed by atoms with Crippen LogP contribution in [0.2, 0.25) is 0 Å². The number of halogens is 1. The third kappa shape index (κ3) is 5.27. The first-order chi connectivity index (χ1) is 16.0. The molecular formula is C23H31FN2O8. The molecule has 0 spiro atoms. The molecule has 0 aromatic heterocycles. The molecule has 0 bridgehead atoms. The fourth-order valence-electron chi connectivity index (χ4n) is 4.35. The number of amides is 2. The molecule has 2 saturated heterocycles. The number of alkyl halides is 1. The van der Waals surface area contributed by atoms with Gasteiger partial charge < -0.3 is 19.7 Å². The van der Waals surface area contributed by atoms with Gasteiger partial charge in [0.1, 0.15) is 12.3 Å². The Morgan fingerprint density at radius 1 is 0.941 bits per heavy atom. The molecule has 2 fully saturated rings. The molecule has 2 amide bonds. The fourth-order valence-corrected chi connectivity index (χ4v) is 4.35. The lowest BCUT2D eigenvalue weighted by molar-refractivity contribution is -0.150. The number of carbonyl (C=O) groups excluding carboxylic acids is 4. The molecule has 0 aromatic carbocycles. The summed E-state index contributed by atoms with van der Waals surface area (Å²) in [7, 11) is 0. The minimum Gasteiger partial charge on any atom is -0.390 e. The third-order valence-electron chi connectivity index (χ3n) is 6.36. The predicted molar refractivity (Wildman–Crippen MR) is 115 cm³/mol. The molecule has 2 N–H and O–H groups in total. The van der Waals surface area contributed by atoms with Gasteiger partial charge in [0.05, 0.1) is 31.2 Å². The van der Waals surface area contributed by atoms with Crippen LogP contribution in [0, 0.1) is 0 Å². The number of hydrogen-bond acceptors (Lipinski definition) is 8. The van der Waals surface area contributed by atoms with E-state index in [9.17, 15) is 33.8 Å². The van der Waals surface area contributed by atoms with E-state index in [1.54, 1.807) is 6.92 Å². The number of nitrogens with zero attached hydrogens (tertiary/aromatic N) is 2. The molecule has 4 rings (SSSR count). The molecule has 4 aliphatic rings. The summed E-state index contributed by atoms with van der Waals surface area (Å²) in [5, 5.41) is 19.5. The first kappa shape index (κ1) is 26.1. The van der Waals surface area contributed by atoms with E-state index in [1.807, 2.05) is 6.92 Å². The van der Waals surface area contributed by atoms with Crippen molar-refractivity contribution in [2.45, 2.75) is 95.4 Å². The number of carbonyl (C=O) groups is 4. The van der Waals surface area contributed by atoms with Gasteiger partial charge >= 0.3 is 0 Å². The number of rotatable bonds is 4. The highest BCUT2D eigenvalue weighted by molar-refractivity contribution is 6.07. The molecule has 4 aliphatic heterocycles. The van der Waals surface area contributed by atoms with Crippen LogP contribution in [0.3, 0.4) is 0 Å². The van der Waals surface area contributed by atoms with E-state index in [0.29, 0.717) is 19.3 Å². The average Bonchev–Trinajstić information content (AvgIpc) is 3.25. The monoisotopic (exact) mass is 482 g/mol. The zero-order valence-electron chi connectivity index (χ0n) is 19.4. The van der Waals surface area contributed by atoms with Crippen LogP contribution < -0.4 is 0 Å². The van der Waals surface area contributed by atoms with Gasteiger partial charge in [-0.05, 0) is 31.9 Å². The van der Waals surface area contributed by atoms with Crippen LogP contribution in [0.5, 0.6) is 0 Å². The number of aliphatic hydroxyl groups excluding tert-OH is 2. The highest BCUT2D eigenvalue weighted by Crippen LogP contribution is 2.38. The number of ketones is 2. The van der Waals surface area contributed by atoms with Gasteiger partial charge in [-0.15, -0.1) is 0 Å². The second-order valence-corrected chi connectivity index (χ2v) is 8.89. The van der Waals surface area contributed by atoms with E-state index in [1.165, 1.54) is 36.4 Å². The minimum absolute atomic E-state index is 0.108. The van der Waals surface area contributed by atoms with Gasteiger partial charge in [0.25, 0.3) is 0 Å². The van der Waals surface area contributed by atoms with Gasteiger partial charge in [0.15, 0.2) is 23.5 Å². The molecule has 10 nitrogen and oxygen atoms in total. The molecule has 0 saturated carbocycles. The summed E-state index contributed by atoms with van der Waals surface area (Å²) in [6.45, 7) is 4.90. The first-order valence-corrected chi connectivity index (χ1v) is 11.4. The van der Waals surface area contributed by atoms with Gasteiger partial charge in [-0.25, -0.2) is 4.39 Å². The Morgan fingerprint density at radius 2 is 1.47 bits per heavy atom. The van der Waals surface area contributed by atoms with E-state index >= 15 is 0 Å². The molecule has 4 heterocycles. The number of ether oxygens (including phenoxy) is 2. The normalized spacial score (nSPS) is 37.9. The molecular weight excluding hydrogens is 451 g/mol. The summed E-state index contributed by atoms with van der Waals surface area (Å²) in [6.07, 6.45) is 2.11. The predicted octanol–water partition coefficient (Wildman–Crippen LogP) is 0.713. The van der Waals surface area contributed by atoms with E-state index in [2.05, 4.69) is 0 Å². The zero-order valence-corrected chi connectivity index (χ0v) is 19.4. The molecule has 7 atom stereocenters. The minimum atomic E-state index is -2.05. The van der Waals surface area contributed by atoms with Crippen molar-refractivity contribution < 1.29 is 43.3 Å². The van der Waals surface area contributed by atoms with Crippen molar-refractivity contribution in [2.75, 3.05) is 0 Å². The second-order valence-electron chi connectivity index (χ2n) is 8.89. The largest absolute Gasteiger partial charge is 0.390 e. The lowest BCUT2D eigenvalue weighted by Crippen LogP contribution is -2.51. The second kappa shape index (κ2) is 10.4. The van der Waals surface area contributed by atoms with Gasteiger partial charge in [-0.1, -0.05) is 13.8 Å². The van der Waals surface area contributed by atoms with E-state index in [-0.39, 0.29) is 36.4 Å². The summed E-state index contributed by atoms with van der Waals surface area (Å²) >= 11 is 0. The van der Waals surface area contributed by atoms with Gasteiger partial charge in [-0.2, -0.15) is 0 Å². The van der Waals surface area contributed by atoms with Crippen LogP contribution in [0.4, 0.5) is 4.39 Å². The summed E-state index contributed by atoms with van der Waals surface area (Å²) in [5.74, 6) is -1.28. The molecule has 0 aliphatic carbocycles. The Morgan fingerprint density at radius 3 is 1.91 bits per heavy atom. The van der Waals surface area contributed by atoms with Crippen molar-refractivity contribution in [3.8, 4) is 0 Å². The standard InChI is InChI=1S/C12H16FNO4.C11H15NO4/c1-3-8-10(17)12(2,13)11(18-8)14-5-4-7(15)6-9(14)16;1-2-9-8(14)6-11(16-9)12-4-3-7(13)5-10(12)15/h4-5,8,10-11,17H,3,6H2,1-2H3;3-4,8-9,11,14H,2,5-6H2,1H3/t8-,10-,11-,12-;8-,9+,11+/m10/s1. The highest BCUT2D eigenvalue weighted by Gasteiger charge is 2.56. The van der Waals surface area contributed by atoms with Crippen LogP contribution in [0.25, 0.3) is 0 Å². The van der Waals surface area contributed by atoms with Crippen molar-refractivity contribution in [2.24, 2.45) is 0 Å². The Balaban J connectivity index is 0.000000192. The van der Waals surface area contributed by atoms with Gasteiger partial charge in [-0.3, -0.25) is 29.0 Å². The van der Waals surface area contributed by atoms with Crippen LogP contribution in [-0.2, 0) is 28.7 Å². The lowest BCUT2D eigenvalue weighted by Gasteiger charge is -2.33. The van der Waals surface area contributed by atoms with Crippen molar-refractivity contribution in [3.63, 3.8) is 0 Å². The number of hydrogen-bond donors (Lipinski definition) is 2. The Labute approximate surface area is 197 Å². The van der Waals surface area contributed by atoms with Crippen LogP contribution in [0.15, 0.2) is 24.6 Å². The fraction of sp³-hybridized carbons (Fsp3) is 0.652. The zero-order chi connectivity index (χ0) is 25.2. The van der Waals surface area contributed by atoms with Gasteiger partial charge in [0, 0.05) is 18.8 Å². The van der Waals surface area contributed by atoms with Crippen LogP contribution >= 0.6 is 0 Å². The maximum absolute atomic E-state index is 14.5. The Hall–Kier alpha value is -2.47. The number of aliphatic hydroxyl groups is 2. The van der Waals surface area contributed by atoms with Crippen LogP contribution in [0.1, 0.15) is 52.9 Å². The van der Waals surface area contributed by atoms with Crippen molar-refractivity contribution in [1.82, 2.24) is 9.80 Å². The number of allylic oxidation sites excluding steroid dienone is 2. The Bertz CT molecular complexity index is 888. The van der Waals surface area contributed by atoms with Crippen molar-refractivity contribution in [3.05, 3.63) is 24.6 Å². The summed E-state index contributed by atoms with van der Waals surface area (Å²) in [6, 6.07) is 0. The highest BCUT2D eigenvalue weighted by atomic mass is 19.1. The molecule has 34 heavy (non-hydrogen) atoms. The first-order valence-electron chi connectivity index (χ1n) is 11.4. The topological polar surface area (TPSA) is 134 Å². The molecule has 0 radical (unpaired) electrons. The van der Waals surface area contributed by atoms with E-state index < -0.39 is 42.3 Å². The molecule has 0 unspecified atom stereocenters. The Kier molecular flexibility index (Phi) is 8.02. The maximum Gasteiger partial charge on any atom is 0.236 e. The maximum atomic E-state index is 14.5. The third-order valence-corrected chi connectivity index (χ3v) is 6.36.